The van der Waals surface area contributed by atoms with Gasteiger partial charge in [0, 0.05) is 12.2 Å². The molecule has 0 aliphatic carbocycles. The maximum absolute atomic E-state index is 13.6. The van der Waals surface area contributed by atoms with Gasteiger partial charge in [-0.2, -0.15) is 5.10 Å². The number of nitrogens with one attached hydrogen (secondary N) is 1. The number of aryl methyl sites for hydroxylation is 2. The van der Waals surface area contributed by atoms with Crippen molar-refractivity contribution in [1.82, 2.24) is 9.78 Å². The lowest BCUT2D eigenvalue weighted by Crippen LogP contribution is -2.18. The fraction of sp³-hybridized carbons (Fsp3) is 0.286. The predicted molar refractivity (Wildman–Crippen MR) is 76.0 cm³/mol. The molecule has 0 fully saturated rings. The summed E-state index contributed by atoms with van der Waals surface area (Å²) in [5, 5.41) is 6.81. The third-order valence-electron chi connectivity index (χ3n) is 2.96. The Morgan fingerprint density at radius 3 is 2.80 bits per heavy atom. The molecule has 0 unspecified atom stereocenters. The van der Waals surface area contributed by atoms with Gasteiger partial charge >= 0.3 is 0 Å². The average Bonchev–Trinajstić information content (AvgIpc) is 2.86. The lowest BCUT2D eigenvalue weighted by Gasteiger charge is -2.08. The monoisotopic (exact) mass is 276 g/mol. The summed E-state index contributed by atoms with van der Waals surface area (Å²) in [7, 11) is 0. The van der Waals surface area contributed by atoms with Crippen molar-refractivity contribution < 1.29 is 9.18 Å². The Morgan fingerprint density at radius 1 is 1.40 bits per heavy atom. The number of hydrogen-bond acceptors (Lipinski definition) is 3. The number of halogens is 1. The summed E-state index contributed by atoms with van der Waals surface area (Å²) in [6.07, 6.45) is 0.736. The van der Waals surface area contributed by atoms with Gasteiger partial charge in [-0.1, -0.05) is 6.92 Å². The van der Waals surface area contributed by atoms with Crippen LogP contribution < -0.4 is 11.1 Å². The molecule has 0 bridgehead atoms. The molecule has 1 aromatic heterocycles. The van der Waals surface area contributed by atoms with Crippen molar-refractivity contribution in [3.63, 3.8) is 0 Å². The minimum atomic E-state index is -0.522. The number of benzene rings is 1. The smallest absolute Gasteiger partial charge is 0.274 e. The molecule has 0 radical (unpaired) electrons. The Balaban J connectivity index is 2.28. The highest BCUT2D eigenvalue weighted by atomic mass is 19.1. The first kappa shape index (κ1) is 14.0. The zero-order valence-corrected chi connectivity index (χ0v) is 11.5. The zero-order valence-electron chi connectivity index (χ0n) is 11.5. The van der Waals surface area contributed by atoms with Gasteiger partial charge in [0.1, 0.15) is 11.5 Å². The molecule has 20 heavy (non-hydrogen) atoms. The lowest BCUT2D eigenvalue weighted by molar-refractivity contribution is 0.101. The van der Waals surface area contributed by atoms with E-state index < -0.39 is 11.7 Å². The molecule has 0 saturated heterocycles. The SMILES string of the molecule is CCc1cc(C(=O)Nc2cc(N)ccc2F)n(CC)n1. The van der Waals surface area contributed by atoms with Gasteiger partial charge in [0.15, 0.2) is 0 Å². The maximum atomic E-state index is 13.6. The van der Waals surface area contributed by atoms with Crippen LogP contribution in [0.15, 0.2) is 24.3 Å². The van der Waals surface area contributed by atoms with Crippen LogP contribution in [0, 0.1) is 5.82 Å². The first-order valence-electron chi connectivity index (χ1n) is 6.48. The number of nitrogens with zero attached hydrogens (tertiary/aromatic N) is 2. The van der Waals surface area contributed by atoms with Crippen LogP contribution in [0.1, 0.15) is 30.0 Å². The summed E-state index contributed by atoms with van der Waals surface area (Å²) in [5.74, 6) is -0.922. The van der Waals surface area contributed by atoms with E-state index in [1.54, 1.807) is 10.7 Å². The molecule has 5 nitrogen and oxygen atoms in total. The second-order valence-corrected chi connectivity index (χ2v) is 4.38. The van der Waals surface area contributed by atoms with Crippen LogP contribution in [0.25, 0.3) is 0 Å². The van der Waals surface area contributed by atoms with Crippen LogP contribution in [0.3, 0.4) is 0 Å². The van der Waals surface area contributed by atoms with E-state index in [-0.39, 0.29) is 5.69 Å². The lowest BCUT2D eigenvalue weighted by atomic mass is 10.2. The Bertz CT molecular complexity index is 636. The first-order chi connectivity index (χ1) is 9.55. The van der Waals surface area contributed by atoms with E-state index in [1.807, 2.05) is 13.8 Å². The van der Waals surface area contributed by atoms with Gasteiger partial charge in [0.25, 0.3) is 5.91 Å². The van der Waals surface area contributed by atoms with Crippen molar-refractivity contribution >= 4 is 17.3 Å². The molecule has 0 aliphatic rings. The maximum Gasteiger partial charge on any atom is 0.274 e. The number of amides is 1. The molecule has 1 aromatic carbocycles. The fourth-order valence-electron chi connectivity index (χ4n) is 1.89. The fourth-order valence-corrected chi connectivity index (χ4v) is 1.89. The molecule has 0 saturated carbocycles. The van der Waals surface area contributed by atoms with Crippen LogP contribution in [0.5, 0.6) is 0 Å². The number of nitrogens with two attached hydrogens (primary N) is 1. The Kier molecular flexibility index (Phi) is 4.02. The van der Waals surface area contributed by atoms with Gasteiger partial charge in [-0.05, 0) is 37.6 Å². The number of nitrogen functional groups attached to an aromatic ring is 1. The van der Waals surface area contributed by atoms with Crippen LogP contribution in [0.4, 0.5) is 15.8 Å². The van der Waals surface area contributed by atoms with E-state index in [1.165, 1.54) is 18.2 Å². The van der Waals surface area contributed by atoms with E-state index in [4.69, 9.17) is 5.73 Å². The second kappa shape index (κ2) is 5.73. The molecule has 1 heterocycles. The minimum absolute atomic E-state index is 0.0666. The highest BCUT2D eigenvalue weighted by Crippen LogP contribution is 2.18. The van der Waals surface area contributed by atoms with E-state index in [0.29, 0.717) is 17.9 Å². The number of carbonyl (C=O) groups is 1. The molecule has 0 spiro atoms. The standard InChI is InChI=1S/C14H17FN4O/c1-3-10-8-13(19(4-2)18-10)14(20)17-12-7-9(16)5-6-11(12)15/h5-8H,3-4,16H2,1-2H3,(H,17,20). The molecule has 6 heteroatoms. The van der Waals surface area contributed by atoms with Gasteiger partial charge < -0.3 is 11.1 Å². The van der Waals surface area contributed by atoms with Gasteiger partial charge in [-0.15, -0.1) is 0 Å². The van der Waals surface area contributed by atoms with Crippen molar-refractivity contribution in [2.75, 3.05) is 11.1 Å². The highest BCUT2D eigenvalue weighted by molar-refractivity contribution is 6.03. The van der Waals surface area contributed by atoms with E-state index >= 15 is 0 Å². The molecule has 2 aromatic rings. The Morgan fingerprint density at radius 2 is 2.15 bits per heavy atom. The zero-order chi connectivity index (χ0) is 14.7. The number of anilines is 2. The highest BCUT2D eigenvalue weighted by Gasteiger charge is 2.15. The number of carbonyl (C=O) groups excluding carboxylic acids is 1. The summed E-state index contributed by atoms with van der Waals surface area (Å²) >= 11 is 0. The largest absolute Gasteiger partial charge is 0.399 e. The molecular weight excluding hydrogens is 259 g/mol. The molecule has 0 atom stereocenters. The summed E-state index contributed by atoms with van der Waals surface area (Å²) < 4.78 is 15.2. The summed E-state index contributed by atoms with van der Waals surface area (Å²) in [5.41, 5.74) is 7.28. The van der Waals surface area contributed by atoms with Crippen LogP contribution in [0.2, 0.25) is 0 Å². The molecule has 0 aliphatic heterocycles. The van der Waals surface area contributed by atoms with E-state index in [9.17, 15) is 9.18 Å². The molecular formula is C14H17FN4O. The second-order valence-electron chi connectivity index (χ2n) is 4.38. The topological polar surface area (TPSA) is 72.9 Å². The number of rotatable bonds is 4. The average molecular weight is 276 g/mol. The summed E-state index contributed by atoms with van der Waals surface area (Å²) in [6.45, 7) is 4.42. The Hall–Kier alpha value is -2.37. The quantitative estimate of drug-likeness (QED) is 0.842. The van der Waals surface area contributed by atoms with Gasteiger partial charge in [-0.25, -0.2) is 4.39 Å². The van der Waals surface area contributed by atoms with E-state index in [2.05, 4.69) is 10.4 Å². The van der Waals surface area contributed by atoms with Crippen LogP contribution in [-0.2, 0) is 13.0 Å². The van der Waals surface area contributed by atoms with Gasteiger partial charge in [0.05, 0.1) is 11.4 Å². The number of aromatic nitrogens is 2. The van der Waals surface area contributed by atoms with Crippen molar-refractivity contribution in [2.45, 2.75) is 26.8 Å². The van der Waals surface area contributed by atoms with Crippen molar-refractivity contribution in [3.8, 4) is 0 Å². The van der Waals surface area contributed by atoms with Crippen molar-refractivity contribution in [1.29, 1.82) is 0 Å². The predicted octanol–water partition coefficient (Wildman–Crippen LogP) is 2.44. The summed E-state index contributed by atoms with van der Waals surface area (Å²) in [6, 6.07) is 5.76. The summed E-state index contributed by atoms with van der Waals surface area (Å²) in [4.78, 5) is 12.2. The number of hydrogen-bond donors (Lipinski definition) is 2. The molecule has 1 amide bonds. The van der Waals surface area contributed by atoms with Gasteiger partial charge in [-0.3, -0.25) is 9.48 Å². The van der Waals surface area contributed by atoms with Gasteiger partial charge in [0.2, 0.25) is 0 Å². The Labute approximate surface area is 116 Å². The molecule has 106 valence electrons. The van der Waals surface area contributed by atoms with E-state index in [0.717, 1.165) is 12.1 Å². The van der Waals surface area contributed by atoms with Crippen LogP contribution >= 0.6 is 0 Å². The third kappa shape index (κ3) is 2.79. The van der Waals surface area contributed by atoms with Crippen molar-refractivity contribution in [3.05, 3.63) is 41.5 Å². The molecule has 3 N–H and O–H groups in total. The normalized spacial score (nSPS) is 10.6. The minimum Gasteiger partial charge on any atom is -0.399 e. The third-order valence-corrected chi connectivity index (χ3v) is 2.96. The molecule has 2 rings (SSSR count). The first-order valence-corrected chi connectivity index (χ1v) is 6.48. The van der Waals surface area contributed by atoms with Crippen molar-refractivity contribution in [2.24, 2.45) is 0 Å². The van der Waals surface area contributed by atoms with Crippen LogP contribution in [-0.4, -0.2) is 15.7 Å².